The minimum Gasteiger partial charge on any atom is -0.479 e. The highest BCUT2D eigenvalue weighted by Gasteiger charge is 2.32. The molecule has 0 saturated carbocycles. The minimum atomic E-state index is -1.11. The van der Waals surface area contributed by atoms with Gasteiger partial charge in [-0.1, -0.05) is 13.8 Å². The van der Waals surface area contributed by atoms with E-state index in [1.54, 1.807) is 4.90 Å². The van der Waals surface area contributed by atoms with E-state index in [4.69, 9.17) is 5.11 Å². The summed E-state index contributed by atoms with van der Waals surface area (Å²) in [7, 11) is 0. The Morgan fingerprint density at radius 1 is 1.53 bits per heavy atom. The van der Waals surface area contributed by atoms with Crippen LogP contribution in [0.15, 0.2) is 0 Å². The second-order valence-corrected chi connectivity index (χ2v) is 4.43. The Morgan fingerprint density at radius 2 is 2.20 bits per heavy atom. The standard InChI is InChI=1S/C9H16N2O4/c1-9(2)3-4-11(6-9)8(14)10-15-5-7(12)13/h3-6H2,1-2H3,(H,10,14)(H,12,13). The van der Waals surface area contributed by atoms with E-state index in [2.05, 4.69) is 24.2 Å². The highest BCUT2D eigenvalue weighted by molar-refractivity contribution is 5.74. The fraction of sp³-hybridized carbons (Fsp3) is 0.778. The van der Waals surface area contributed by atoms with Crippen LogP contribution in [0.2, 0.25) is 0 Å². The Kier molecular flexibility index (Phi) is 3.52. The van der Waals surface area contributed by atoms with Crippen molar-refractivity contribution in [3.63, 3.8) is 0 Å². The third kappa shape index (κ3) is 3.75. The van der Waals surface area contributed by atoms with Gasteiger partial charge in [-0.25, -0.2) is 15.1 Å². The SMILES string of the molecule is CC1(C)CCN(C(=O)NOCC(=O)O)C1. The molecule has 86 valence electrons. The maximum absolute atomic E-state index is 11.4. The van der Waals surface area contributed by atoms with E-state index in [-0.39, 0.29) is 11.4 Å². The molecule has 15 heavy (non-hydrogen) atoms. The summed E-state index contributed by atoms with van der Waals surface area (Å²) in [5.41, 5.74) is 2.23. The number of hydrogen-bond acceptors (Lipinski definition) is 3. The molecule has 1 rings (SSSR count). The van der Waals surface area contributed by atoms with Gasteiger partial charge in [0.15, 0.2) is 6.61 Å². The molecule has 6 heteroatoms. The summed E-state index contributed by atoms with van der Waals surface area (Å²) >= 11 is 0. The van der Waals surface area contributed by atoms with E-state index < -0.39 is 12.6 Å². The average molecular weight is 216 g/mol. The number of carbonyl (C=O) groups excluding carboxylic acids is 1. The first-order valence-corrected chi connectivity index (χ1v) is 4.79. The molecule has 0 atom stereocenters. The van der Waals surface area contributed by atoms with Gasteiger partial charge in [0.1, 0.15) is 0 Å². The average Bonchev–Trinajstić information content (AvgIpc) is 2.45. The summed E-state index contributed by atoms with van der Waals surface area (Å²) in [4.78, 5) is 27.6. The van der Waals surface area contributed by atoms with E-state index in [9.17, 15) is 9.59 Å². The molecule has 0 bridgehead atoms. The summed E-state index contributed by atoms with van der Waals surface area (Å²) in [5, 5.41) is 8.28. The number of urea groups is 1. The molecular formula is C9H16N2O4. The lowest BCUT2D eigenvalue weighted by Gasteiger charge is -2.19. The molecule has 2 N–H and O–H groups in total. The Hall–Kier alpha value is -1.30. The number of aliphatic carboxylic acids is 1. The Balaban J connectivity index is 2.27. The van der Waals surface area contributed by atoms with Crippen LogP contribution in [0.4, 0.5) is 4.79 Å². The first kappa shape index (κ1) is 11.8. The molecule has 0 unspecified atom stereocenters. The largest absolute Gasteiger partial charge is 0.479 e. The molecule has 0 aliphatic carbocycles. The normalized spacial score (nSPS) is 18.9. The zero-order valence-corrected chi connectivity index (χ0v) is 8.95. The van der Waals surface area contributed by atoms with E-state index in [0.717, 1.165) is 6.42 Å². The number of carboxylic acid groups (broad SMARTS) is 1. The molecular weight excluding hydrogens is 200 g/mol. The lowest BCUT2D eigenvalue weighted by atomic mass is 9.93. The van der Waals surface area contributed by atoms with Crippen molar-refractivity contribution in [1.29, 1.82) is 0 Å². The summed E-state index contributed by atoms with van der Waals surface area (Å²) in [6.45, 7) is 4.98. The molecule has 0 spiro atoms. The molecule has 0 aromatic carbocycles. The van der Waals surface area contributed by atoms with Crippen LogP contribution in [0, 0.1) is 5.41 Å². The van der Waals surface area contributed by atoms with Crippen molar-refractivity contribution in [3.8, 4) is 0 Å². The number of nitrogens with one attached hydrogen (secondary N) is 1. The van der Waals surface area contributed by atoms with Crippen LogP contribution in [-0.4, -0.2) is 41.7 Å². The van der Waals surface area contributed by atoms with E-state index in [0.29, 0.717) is 13.1 Å². The Morgan fingerprint density at radius 3 is 2.67 bits per heavy atom. The summed E-state index contributed by atoms with van der Waals surface area (Å²) in [6.07, 6.45) is 0.944. The number of carboxylic acids is 1. The van der Waals surface area contributed by atoms with Crippen molar-refractivity contribution in [2.75, 3.05) is 19.7 Å². The topological polar surface area (TPSA) is 78.9 Å². The van der Waals surface area contributed by atoms with E-state index in [1.807, 2.05) is 0 Å². The first-order valence-electron chi connectivity index (χ1n) is 4.79. The summed E-state index contributed by atoms with van der Waals surface area (Å²) in [5.74, 6) is -1.11. The molecule has 1 aliphatic heterocycles. The van der Waals surface area contributed by atoms with Crippen molar-refractivity contribution in [2.24, 2.45) is 5.41 Å². The quantitative estimate of drug-likeness (QED) is 0.671. The summed E-state index contributed by atoms with van der Waals surface area (Å²) < 4.78 is 0. The second kappa shape index (κ2) is 4.48. The smallest absolute Gasteiger partial charge is 0.341 e. The Bertz CT molecular complexity index is 265. The molecule has 1 saturated heterocycles. The first-order chi connectivity index (χ1) is 6.91. The fourth-order valence-electron chi connectivity index (χ4n) is 1.51. The fourth-order valence-corrected chi connectivity index (χ4v) is 1.51. The monoisotopic (exact) mass is 216 g/mol. The molecule has 0 aromatic heterocycles. The van der Waals surface area contributed by atoms with E-state index in [1.165, 1.54) is 0 Å². The van der Waals surface area contributed by atoms with Gasteiger partial charge in [0, 0.05) is 13.1 Å². The predicted molar refractivity (Wildman–Crippen MR) is 52.1 cm³/mol. The van der Waals surface area contributed by atoms with E-state index >= 15 is 0 Å². The van der Waals surface area contributed by atoms with Gasteiger partial charge >= 0.3 is 12.0 Å². The zero-order valence-electron chi connectivity index (χ0n) is 8.95. The van der Waals surface area contributed by atoms with Gasteiger partial charge in [-0.15, -0.1) is 0 Å². The molecule has 6 nitrogen and oxygen atoms in total. The number of hydroxylamine groups is 1. The van der Waals surface area contributed by atoms with Gasteiger partial charge in [-0.2, -0.15) is 0 Å². The van der Waals surface area contributed by atoms with Crippen molar-refractivity contribution in [1.82, 2.24) is 10.4 Å². The van der Waals surface area contributed by atoms with Crippen LogP contribution in [0.3, 0.4) is 0 Å². The lowest BCUT2D eigenvalue weighted by Crippen LogP contribution is -2.39. The number of nitrogens with zero attached hydrogens (tertiary/aromatic N) is 1. The molecule has 0 radical (unpaired) electrons. The highest BCUT2D eigenvalue weighted by atomic mass is 16.7. The van der Waals surface area contributed by atoms with Crippen LogP contribution in [-0.2, 0) is 9.63 Å². The number of rotatable bonds is 3. The third-order valence-electron chi connectivity index (χ3n) is 2.32. The van der Waals surface area contributed by atoms with Gasteiger partial charge in [-0.3, -0.25) is 4.84 Å². The van der Waals surface area contributed by atoms with Crippen LogP contribution < -0.4 is 5.48 Å². The third-order valence-corrected chi connectivity index (χ3v) is 2.32. The van der Waals surface area contributed by atoms with Crippen LogP contribution in [0.5, 0.6) is 0 Å². The van der Waals surface area contributed by atoms with Gasteiger partial charge in [0.25, 0.3) is 0 Å². The number of hydrogen-bond donors (Lipinski definition) is 2. The molecule has 1 aliphatic rings. The van der Waals surface area contributed by atoms with Crippen molar-refractivity contribution in [3.05, 3.63) is 0 Å². The van der Waals surface area contributed by atoms with Crippen LogP contribution in [0.25, 0.3) is 0 Å². The van der Waals surface area contributed by atoms with Gasteiger partial charge in [0.2, 0.25) is 0 Å². The number of amides is 2. The predicted octanol–water partition coefficient (Wildman–Crippen LogP) is 0.444. The zero-order chi connectivity index (χ0) is 11.5. The van der Waals surface area contributed by atoms with Crippen molar-refractivity contribution >= 4 is 12.0 Å². The van der Waals surface area contributed by atoms with Gasteiger partial charge in [0.05, 0.1) is 0 Å². The van der Waals surface area contributed by atoms with Crippen molar-refractivity contribution < 1.29 is 19.5 Å². The lowest BCUT2D eigenvalue weighted by molar-refractivity contribution is -0.144. The highest BCUT2D eigenvalue weighted by Crippen LogP contribution is 2.28. The maximum Gasteiger partial charge on any atom is 0.341 e. The summed E-state index contributed by atoms with van der Waals surface area (Å²) in [6, 6.07) is -0.373. The molecule has 1 fully saturated rings. The Labute approximate surface area is 88.1 Å². The van der Waals surface area contributed by atoms with Gasteiger partial charge in [-0.05, 0) is 11.8 Å². The molecule has 0 aromatic rings. The van der Waals surface area contributed by atoms with Crippen molar-refractivity contribution in [2.45, 2.75) is 20.3 Å². The van der Waals surface area contributed by atoms with Crippen LogP contribution >= 0.6 is 0 Å². The number of likely N-dealkylation sites (tertiary alicyclic amines) is 1. The minimum absolute atomic E-state index is 0.129. The van der Waals surface area contributed by atoms with Gasteiger partial charge < -0.3 is 10.0 Å². The molecule has 1 heterocycles. The van der Waals surface area contributed by atoms with Crippen LogP contribution in [0.1, 0.15) is 20.3 Å². The number of carbonyl (C=O) groups is 2. The maximum atomic E-state index is 11.4. The molecule has 2 amide bonds. The second-order valence-electron chi connectivity index (χ2n) is 4.43.